The number of allylic oxidation sites excluding steroid dienone is 1. The van der Waals surface area contributed by atoms with Crippen molar-refractivity contribution in [2.45, 2.75) is 26.8 Å². The number of hydrogen-bond acceptors (Lipinski definition) is 5. The van der Waals surface area contributed by atoms with Gasteiger partial charge in [-0.25, -0.2) is 4.39 Å². The predicted molar refractivity (Wildman–Crippen MR) is 87.1 cm³/mol. The van der Waals surface area contributed by atoms with Gasteiger partial charge in [-0.1, -0.05) is 0 Å². The summed E-state index contributed by atoms with van der Waals surface area (Å²) < 4.78 is 12.9. The molecule has 5 nitrogen and oxygen atoms in total. The zero-order chi connectivity index (χ0) is 17.0. The van der Waals surface area contributed by atoms with Gasteiger partial charge in [0.15, 0.2) is 6.29 Å². The smallest absolute Gasteiger partial charge is 0.203 e. The van der Waals surface area contributed by atoms with Gasteiger partial charge in [0, 0.05) is 24.8 Å². The number of benzene rings is 1. The Morgan fingerprint density at radius 1 is 1.35 bits per heavy atom. The molecule has 1 unspecified atom stereocenters. The first-order valence-electron chi connectivity index (χ1n) is 7.62. The van der Waals surface area contributed by atoms with E-state index in [1.807, 2.05) is 6.92 Å². The molecule has 1 fully saturated rings. The summed E-state index contributed by atoms with van der Waals surface area (Å²) >= 11 is 0. The summed E-state index contributed by atoms with van der Waals surface area (Å²) in [5.74, 6) is -1.10. The summed E-state index contributed by atoms with van der Waals surface area (Å²) in [5.41, 5.74) is 8.44. The van der Waals surface area contributed by atoms with Crippen molar-refractivity contribution in [1.82, 2.24) is 10.3 Å². The van der Waals surface area contributed by atoms with Crippen LogP contribution in [0, 0.1) is 11.7 Å². The molecule has 0 bridgehead atoms. The van der Waals surface area contributed by atoms with Crippen molar-refractivity contribution in [3.63, 3.8) is 0 Å². The second kappa shape index (κ2) is 7.37. The highest BCUT2D eigenvalue weighted by Gasteiger charge is 2.34. The first-order valence-corrected chi connectivity index (χ1v) is 7.62. The third kappa shape index (κ3) is 4.16. The van der Waals surface area contributed by atoms with E-state index in [4.69, 9.17) is 0 Å². The second-order valence-corrected chi connectivity index (χ2v) is 6.00. The van der Waals surface area contributed by atoms with Gasteiger partial charge < -0.3 is 10.9 Å². The lowest BCUT2D eigenvalue weighted by Gasteiger charge is -2.19. The lowest BCUT2D eigenvalue weighted by Crippen LogP contribution is -2.29. The van der Waals surface area contributed by atoms with Gasteiger partial charge >= 0.3 is 0 Å². The van der Waals surface area contributed by atoms with Gasteiger partial charge in [-0.05, 0) is 50.6 Å². The maximum absolute atomic E-state index is 12.9. The summed E-state index contributed by atoms with van der Waals surface area (Å²) in [5, 5.41) is 0. The monoisotopic (exact) mass is 319 g/mol. The predicted octanol–water partition coefficient (Wildman–Crippen LogP) is 2.12. The molecule has 23 heavy (non-hydrogen) atoms. The van der Waals surface area contributed by atoms with E-state index in [1.165, 1.54) is 12.1 Å². The van der Waals surface area contributed by atoms with Crippen LogP contribution in [0.4, 0.5) is 10.1 Å². The van der Waals surface area contributed by atoms with E-state index in [2.05, 4.69) is 29.6 Å². The van der Waals surface area contributed by atoms with E-state index >= 15 is 0 Å². The Bertz CT molecular complexity index is 611. The summed E-state index contributed by atoms with van der Waals surface area (Å²) in [7, 11) is 0. The largest absolute Gasteiger partial charge is 0.305 e. The number of ketones is 1. The van der Waals surface area contributed by atoms with Crippen molar-refractivity contribution in [3.05, 3.63) is 41.4 Å². The number of hydrogen-bond donors (Lipinski definition) is 2. The Morgan fingerprint density at radius 2 is 2.00 bits per heavy atom. The minimum Gasteiger partial charge on any atom is -0.305 e. The van der Waals surface area contributed by atoms with Gasteiger partial charge in [0.05, 0.1) is 11.6 Å². The minimum atomic E-state index is -0.405. The number of nitrogens with zero attached hydrogens (tertiary/aromatic N) is 1. The number of Topliss-reactive ketones (excluding diaryl/α,β-unsaturated/α-hetero) is 1. The van der Waals surface area contributed by atoms with E-state index < -0.39 is 11.7 Å². The summed E-state index contributed by atoms with van der Waals surface area (Å²) in [6.07, 6.45) is 0.398. The average Bonchev–Trinajstić information content (AvgIpc) is 2.99. The van der Waals surface area contributed by atoms with Crippen molar-refractivity contribution in [2.24, 2.45) is 5.92 Å². The minimum absolute atomic E-state index is 0.298. The van der Waals surface area contributed by atoms with Crippen molar-refractivity contribution in [1.29, 1.82) is 0 Å². The summed E-state index contributed by atoms with van der Waals surface area (Å²) in [6, 6.07) is 6.25. The molecule has 2 N–H and O–H groups in total. The molecule has 1 heterocycles. The highest BCUT2D eigenvalue weighted by atomic mass is 19.1. The molecule has 124 valence electrons. The zero-order valence-electron chi connectivity index (χ0n) is 13.6. The van der Waals surface area contributed by atoms with Gasteiger partial charge in [0.2, 0.25) is 5.78 Å². The normalized spacial score (nSPS) is 20.5. The van der Waals surface area contributed by atoms with Crippen LogP contribution in [0.5, 0.6) is 0 Å². The fraction of sp³-hybridized carbons (Fsp3) is 0.412. The molecule has 0 aromatic heterocycles. The third-order valence-electron chi connectivity index (χ3n) is 4.12. The number of carbonyl (C=O) groups is 2. The maximum atomic E-state index is 12.9. The van der Waals surface area contributed by atoms with Gasteiger partial charge in [-0.15, -0.1) is 0 Å². The summed E-state index contributed by atoms with van der Waals surface area (Å²) in [6.45, 7) is 7.18. The Hall–Kier alpha value is -2.21. The molecule has 1 aromatic carbocycles. The van der Waals surface area contributed by atoms with E-state index in [0.717, 1.165) is 11.3 Å². The van der Waals surface area contributed by atoms with Crippen molar-refractivity contribution >= 4 is 17.8 Å². The van der Waals surface area contributed by atoms with E-state index in [1.54, 1.807) is 12.1 Å². The molecule has 1 aliphatic rings. The van der Waals surface area contributed by atoms with E-state index in [-0.39, 0.29) is 5.82 Å². The number of hydrazine groups is 1. The summed E-state index contributed by atoms with van der Waals surface area (Å²) in [4.78, 5) is 24.9. The Labute approximate surface area is 135 Å². The lowest BCUT2D eigenvalue weighted by atomic mass is 9.97. The SMILES string of the molecule is CC(NNc1ccc(F)cc1)=C1CN(C(C)C)CC1C(=O)C=O. The molecule has 0 aliphatic carbocycles. The number of aldehydes is 1. The van der Waals surface area contributed by atoms with Crippen LogP contribution >= 0.6 is 0 Å². The zero-order valence-corrected chi connectivity index (χ0v) is 13.6. The van der Waals surface area contributed by atoms with Gasteiger partial charge in [-0.3, -0.25) is 14.5 Å². The van der Waals surface area contributed by atoms with Crippen molar-refractivity contribution in [2.75, 3.05) is 18.5 Å². The van der Waals surface area contributed by atoms with E-state index in [9.17, 15) is 14.0 Å². The van der Waals surface area contributed by atoms with Crippen LogP contribution in [0.2, 0.25) is 0 Å². The molecule has 0 spiro atoms. The molecule has 1 atom stereocenters. The molecule has 0 radical (unpaired) electrons. The molecular formula is C17H22FN3O2. The molecule has 1 saturated heterocycles. The van der Waals surface area contributed by atoms with Crippen LogP contribution in [-0.2, 0) is 9.59 Å². The Balaban J connectivity index is 2.13. The number of carbonyl (C=O) groups excluding carboxylic acids is 2. The maximum Gasteiger partial charge on any atom is 0.203 e. The molecule has 1 aromatic rings. The molecule has 0 saturated carbocycles. The van der Waals surface area contributed by atoms with Crippen LogP contribution < -0.4 is 10.9 Å². The van der Waals surface area contributed by atoms with Gasteiger partial charge in [0.25, 0.3) is 0 Å². The number of nitrogens with one attached hydrogen (secondary N) is 2. The van der Waals surface area contributed by atoms with Crippen LogP contribution in [0.3, 0.4) is 0 Å². The Kier molecular flexibility index (Phi) is 5.50. The van der Waals surface area contributed by atoms with Crippen LogP contribution in [-0.4, -0.2) is 36.1 Å². The topological polar surface area (TPSA) is 61.4 Å². The van der Waals surface area contributed by atoms with Crippen molar-refractivity contribution in [3.8, 4) is 0 Å². The number of halogens is 1. The molecular weight excluding hydrogens is 297 g/mol. The number of anilines is 1. The third-order valence-corrected chi connectivity index (χ3v) is 4.12. The quantitative estimate of drug-likeness (QED) is 0.478. The first kappa shape index (κ1) is 17.1. The second-order valence-electron chi connectivity index (χ2n) is 6.00. The fourth-order valence-corrected chi connectivity index (χ4v) is 2.63. The molecule has 2 rings (SSSR count). The van der Waals surface area contributed by atoms with E-state index in [0.29, 0.717) is 31.1 Å². The molecule has 0 amide bonds. The average molecular weight is 319 g/mol. The standard InChI is InChI=1S/C17H22FN3O2/c1-11(2)21-8-15(16(9-21)17(23)10-22)12(3)19-20-14-6-4-13(18)5-7-14/h4-7,10-11,16,19-20H,8-9H2,1-3H3. The van der Waals surface area contributed by atoms with Crippen LogP contribution in [0.15, 0.2) is 35.5 Å². The molecule has 1 aliphatic heterocycles. The van der Waals surface area contributed by atoms with Crippen LogP contribution in [0.1, 0.15) is 20.8 Å². The highest BCUT2D eigenvalue weighted by molar-refractivity contribution is 6.27. The van der Waals surface area contributed by atoms with Crippen molar-refractivity contribution < 1.29 is 14.0 Å². The number of likely N-dealkylation sites (tertiary alicyclic amines) is 1. The first-order chi connectivity index (χ1) is 10.9. The van der Waals surface area contributed by atoms with Gasteiger partial charge in [0.1, 0.15) is 5.82 Å². The molecule has 6 heteroatoms. The number of rotatable bonds is 6. The lowest BCUT2D eigenvalue weighted by molar-refractivity contribution is -0.131. The Morgan fingerprint density at radius 3 is 2.57 bits per heavy atom. The van der Waals surface area contributed by atoms with Gasteiger partial charge in [-0.2, -0.15) is 0 Å². The fourth-order valence-electron chi connectivity index (χ4n) is 2.63. The van der Waals surface area contributed by atoms with Crippen LogP contribution in [0.25, 0.3) is 0 Å². The highest BCUT2D eigenvalue weighted by Crippen LogP contribution is 2.27.